The first-order valence-corrected chi connectivity index (χ1v) is 11.9. The molecule has 1 aromatic heterocycles. The Morgan fingerprint density at radius 1 is 1.30 bits per heavy atom. The molecule has 1 fully saturated rings. The highest BCUT2D eigenvalue weighted by molar-refractivity contribution is 8.00. The summed E-state index contributed by atoms with van der Waals surface area (Å²) in [4.78, 5) is 53.5. The van der Waals surface area contributed by atoms with Crippen LogP contribution in [0.1, 0.15) is 22.3 Å². The van der Waals surface area contributed by atoms with Gasteiger partial charge in [0.15, 0.2) is 0 Å². The number of carbonyl (C=O) groups excluding carboxylic acids is 2. The van der Waals surface area contributed by atoms with E-state index in [1.54, 1.807) is 30.3 Å². The molecule has 4 rings (SSSR count). The number of methoxy groups -OCH3 is 1. The largest absolute Gasteiger partial charge is 0.497 e. The molecule has 0 bridgehead atoms. The maximum atomic E-state index is 13.1. The number of hydrogen-bond donors (Lipinski definition) is 1. The van der Waals surface area contributed by atoms with Crippen LogP contribution in [0.3, 0.4) is 0 Å². The van der Waals surface area contributed by atoms with Crippen molar-refractivity contribution in [1.29, 1.82) is 5.26 Å². The minimum absolute atomic E-state index is 0.0588. The summed E-state index contributed by atoms with van der Waals surface area (Å²) >= 11 is 1.20. The smallest absolute Gasteiger partial charge is 0.272 e. The molecule has 2 amide bonds. The molecule has 2 aromatic carbocycles. The van der Waals surface area contributed by atoms with E-state index in [1.807, 2.05) is 6.07 Å². The Morgan fingerprint density at radius 2 is 2.03 bits per heavy atom. The quantitative estimate of drug-likeness (QED) is 0.364. The molecule has 37 heavy (non-hydrogen) atoms. The first-order chi connectivity index (χ1) is 17.7. The summed E-state index contributed by atoms with van der Waals surface area (Å²) < 4.78 is 6.18. The first-order valence-electron chi connectivity index (χ1n) is 10.9. The molecular weight excluding hydrogens is 500 g/mol. The predicted octanol–water partition coefficient (Wildman–Crippen LogP) is 2.31. The molecule has 0 spiro atoms. The Morgan fingerprint density at radius 3 is 2.68 bits per heavy atom. The number of nitro benzene ring substituents is 1. The number of nitro groups is 1. The molecule has 1 aliphatic rings. The number of amides is 2. The first kappa shape index (κ1) is 25.4. The molecule has 188 valence electrons. The molecule has 1 aliphatic heterocycles. The van der Waals surface area contributed by atoms with Gasteiger partial charge in [0.05, 0.1) is 23.5 Å². The highest BCUT2D eigenvalue weighted by Gasteiger charge is 2.35. The third kappa shape index (κ3) is 5.14. The van der Waals surface area contributed by atoms with E-state index in [-0.39, 0.29) is 28.5 Å². The van der Waals surface area contributed by atoms with Gasteiger partial charge < -0.3 is 4.74 Å². The molecule has 2 heterocycles. The molecular formula is C24H20N6O6S. The fourth-order valence-corrected chi connectivity index (χ4v) is 4.90. The lowest BCUT2D eigenvalue weighted by molar-refractivity contribution is -0.384. The maximum Gasteiger partial charge on any atom is 0.272 e. The zero-order valence-corrected chi connectivity index (χ0v) is 20.5. The normalized spacial score (nSPS) is 14.8. The van der Waals surface area contributed by atoms with E-state index in [0.717, 1.165) is 9.58 Å². The highest BCUT2D eigenvalue weighted by atomic mass is 32.2. The Labute approximate surface area is 214 Å². The van der Waals surface area contributed by atoms with Gasteiger partial charge in [-0.25, -0.2) is 9.99 Å². The van der Waals surface area contributed by atoms with Crippen molar-refractivity contribution >= 4 is 29.3 Å². The standard InChI is InChI=1S/C24H20N6O6S/c1-14-26-22(15-6-8-18(36-2)9-7-15)19(11-25)23(33)28(14)12-20(31)27-29-21(32)13-37-24(29)16-4-3-5-17(10-16)30(34)35/h3-10,24H,12-13H2,1-2H3,(H,27,31). The highest BCUT2D eigenvalue weighted by Crippen LogP contribution is 2.38. The number of aryl methyl sites for hydroxylation is 1. The Balaban J connectivity index is 1.58. The van der Waals surface area contributed by atoms with Gasteiger partial charge in [0, 0.05) is 17.7 Å². The van der Waals surface area contributed by atoms with E-state index in [2.05, 4.69) is 10.4 Å². The SMILES string of the molecule is COc1ccc(-c2nc(C)n(CC(=O)NN3C(=O)CSC3c3cccc([N+](=O)[O-])c3)c(=O)c2C#N)cc1. The minimum Gasteiger partial charge on any atom is -0.497 e. The van der Waals surface area contributed by atoms with Gasteiger partial charge in [-0.2, -0.15) is 5.26 Å². The number of nitriles is 1. The van der Waals surface area contributed by atoms with E-state index in [1.165, 1.54) is 44.0 Å². The lowest BCUT2D eigenvalue weighted by Gasteiger charge is -2.25. The zero-order chi connectivity index (χ0) is 26.7. The molecule has 1 unspecified atom stereocenters. The second-order valence-electron chi connectivity index (χ2n) is 7.93. The third-order valence-electron chi connectivity index (χ3n) is 5.62. The van der Waals surface area contributed by atoms with Crippen molar-refractivity contribution in [3.8, 4) is 23.1 Å². The molecule has 13 heteroatoms. The lowest BCUT2D eigenvalue weighted by Crippen LogP contribution is -2.47. The summed E-state index contributed by atoms with van der Waals surface area (Å²) in [7, 11) is 1.52. The van der Waals surface area contributed by atoms with Gasteiger partial charge in [0.2, 0.25) is 0 Å². The van der Waals surface area contributed by atoms with Gasteiger partial charge in [-0.1, -0.05) is 12.1 Å². The van der Waals surface area contributed by atoms with E-state index in [4.69, 9.17) is 4.74 Å². The van der Waals surface area contributed by atoms with Crippen molar-refractivity contribution in [3.05, 3.63) is 86.0 Å². The van der Waals surface area contributed by atoms with Crippen molar-refractivity contribution in [2.45, 2.75) is 18.8 Å². The molecule has 0 saturated carbocycles. The summed E-state index contributed by atoms with van der Waals surface area (Å²) in [6, 6.07) is 14.4. The van der Waals surface area contributed by atoms with Crippen LogP contribution in [0.15, 0.2) is 53.3 Å². The van der Waals surface area contributed by atoms with Gasteiger partial charge in [-0.05, 0) is 36.8 Å². The number of benzene rings is 2. The Hall–Kier alpha value is -4.70. The van der Waals surface area contributed by atoms with Gasteiger partial charge in [-0.15, -0.1) is 11.8 Å². The third-order valence-corrected chi connectivity index (χ3v) is 6.83. The van der Waals surface area contributed by atoms with Crippen molar-refractivity contribution in [1.82, 2.24) is 20.0 Å². The average molecular weight is 521 g/mol. The Kier molecular flexibility index (Phi) is 7.21. The number of rotatable bonds is 7. The number of nitrogens with one attached hydrogen (secondary N) is 1. The van der Waals surface area contributed by atoms with Crippen molar-refractivity contribution in [2.75, 3.05) is 12.9 Å². The van der Waals surface area contributed by atoms with Crippen LogP contribution < -0.4 is 15.7 Å². The van der Waals surface area contributed by atoms with Gasteiger partial charge >= 0.3 is 0 Å². The van der Waals surface area contributed by atoms with Gasteiger partial charge in [-0.3, -0.25) is 34.5 Å². The summed E-state index contributed by atoms with van der Waals surface area (Å²) in [6.07, 6.45) is 0. The number of aromatic nitrogens is 2. The minimum atomic E-state index is -0.701. The average Bonchev–Trinajstić information content (AvgIpc) is 3.26. The number of hydrogen-bond acceptors (Lipinski definition) is 9. The fourth-order valence-electron chi connectivity index (χ4n) is 3.80. The number of carbonyl (C=O) groups is 2. The van der Waals surface area contributed by atoms with E-state index >= 15 is 0 Å². The second-order valence-corrected chi connectivity index (χ2v) is 9.00. The predicted molar refractivity (Wildman–Crippen MR) is 133 cm³/mol. The van der Waals surface area contributed by atoms with Crippen molar-refractivity contribution in [2.24, 2.45) is 0 Å². The van der Waals surface area contributed by atoms with Crippen LogP contribution in [0.4, 0.5) is 5.69 Å². The number of thioether (sulfide) groups is 1. The van der Waals surface area contributed by atoms with Crippen LogP contribution in [-0.2, 0) is 16.1 Å². The molecule has 1 saturated heterocycles. The number of nitrogens with zero attached hydrogens (tertiary/aromatic N) is 5. The Bertz CT molecular complexity index is 1500. The van der Waals surface area contributed by atoms with Gasteiger partial charge in [0.25, 0.3) is 23.1 Å². The van der Waals surface area contributed by atoms with Gasteiger partial charge in [0.1, 0.15) is 35.1 Å². The molecule has 3 aromatic rings. The molecule has 0 aliphatic carbocycles. The maximum absolute atomic E-state index is 13.1. The van der Waals surface area contributed by atoms with Crippen molar-refractivity contribution < 1.29 is 19.2 Å². The summed E-state index contributed by atoms with van der Waals surface area (Å²) in [5.41, 5.74) is 2.61. The zero-order valence-electron chi connectivity index (χ0n) is 19.7. The van der Waals surface area contributed by atoms with Crippen molar-refractivity contribution in [3.63, 3.8) is 0 Å². The van der Waals surface area contributed by atoms with E-state index in [0.29, 0.717) is 16.9 Å². The van der Waals surface area contributed by atoms with Crippen LogP contribution in [0.5, 0.6) is 5.75 Å². The summed E-state index contributed by atoms with van der Waals surface area (Å²) in [5, 5.41) is 21.2. The van der Waals surface area contributed by atoms with E-state index in [9.17, 15) is 29.8 Å². The summed E-state index contributed by atoms with van der Waals surface area (Å²) in [6.45, 7) is 1.04. The molecule has 12 nitrogen and oxygen atoms in total. The van der Waals surface area contributed by atoms with Crippen LogP contribution in [-0.4, -0.2) is 44.2 Å². The number of ether oxygens (including phenoxy) is 1. The molecule has 0 radical (unpaired) electrons. The topological polar surface area (TPSA) is 160 Å². The monoisotopic (exact) mass is 520 g/mol. The van der Waals surface area contributed by atoms with Crippen LogP contribution in [0.25, 0.3) is 11.3 Å². The van der Waals surface area contributed by atoms with E-state index < -0.39 is 34.2 Å². The van der Waals surface area contributed by atoms with Crippen LogP contribution >= 0.6 is 11.8 Å². The number of hydrazine groups is 1. The lowest BCUT2D eigenvalue weighted by atomic mass is 10.1. The molecule has 1 N–H and O–H groups in total. The summed E-state index contributed by atoms with van der Waals surface area (Å²) in [5.74, 6) is -0.239. The number of non-ortho nitro benzene ring substituents is 1. The molecule has 1 atom stereocenters. The van der Waals surface area contributed by atoms with Crippen LogP contribution in [0, 0.1) is 28.4 Å². The second kappa shape index (κ2) is 10.5. The fraction of sp³-hybridized carbons (Fsp3) is 0.208. The van der Waals surface area contributed by atoms with Crippen LogP contribution in [0.2, 0.25) is 0 Å².